The summed E-state index contributed by atoms with van der Waals surface area (Å²) in [4.78, 5) is 4.16. The third kappa shape index (κ3) is 1.49. The molecule has 1 heterocycles. The van der Waals surface area contributed by atoms with Crippen molar-refractivity contribution in [1.29, 1.82) is 0 Å². The minimum Gasteiger partial charge on any atom is -0.385 e. The van der Waals surface area contributed by atoms with Crippen LogP contribution in [0.5, 0.6) is 0 Å². The SMILES string of the molecule is CC1(C)CCCC1(O)c1cccc2cnccc12. The Bertz CT molecular complexity index is 585. The lowest BCUT2D eigenvalue weighted by molar-refractivity contribution is -0.0472. The molecule has 0 bridgehead atoms. The van der Waals surface area contributed by atoms with Gasteiger partial charge in [0.25, 0.3) is 0 Å². The molecule has 1 aromatic heterocycles. The van der Waals surface area contributed by atoms with Crippen LogP contribution in [0, 0.1) is 5.41 Å². The van der Waals surface area contributed by atoms with Crippen LogP contribution in [0.3, 0.4) is 0 Å². The van der Waals surface area contributed by atoms with Crippen molar-refractivity contribution in [2.45, 2.75) is 38.7 Å². The molecule has 1 aromatic carbocycles. The molecule has 2 nitrogen and oxygen atoms in total. The van der Waals surface area contributed by atoms with Crippen LogP contribution >= 0.6 is 0 Å². The zero-order valence-corrected chi connectivity index (χ0v) is 11.0. The Morgan fingerprint density at radius 2 is 2.00 bits per heavy atom. The van der Waals surface area contributed by atoms with E-state index in [4.69, 9.17) is 0 Å². The van der Waals surface area contributed by atoms with E-state index in [1.165, 1.54) is 0 Å². The molecule has 1 aliphatic rings. The summed E-state index contributed by atoms with van der Waals surface area (Å²) in [5.41, 5.74) is 0.281. The minimum absolute atomic E-state index is 0.0649. The van der Waals surface area contributed by atoms with Gasteiger partial charge in [0.15, 0.2) is 0 Å². The third-order valence-electron chi connectivity index (χ3n) is 4.59. The molecule has 1 atom stereocenters. The molecule has 2 heteroatoms. The fourth-order valence-corrected chi connectivity index (χ4v) is 3.31. The largest absolute Gasteiger partial charge is 0.385 e. The van der Waals surface area contributed by atoms with E-state index in [0.717, 1.165) is 35.6 Å². The van der Waals surface area contributed by atoms with Crippen molar-refractivity contribution in [3.05, 3.63) is 42.2 Å². The van der Waals surface area contributed by atoms with E-state index in [9.17, 15) is 5.11 Å². The van der Waals surface area contributed by atoms with Gasteiger partial charge >= 0.3 is 0 Å². The Kier molecular flexibility index (Phi) is 2.46. The van der Waals surface area contributed by atoms with Gasteiger partial charge < -0.3 is 5.11 Å². The van der Waals surface area contributed by atoms with Gasteiger partial charge in [-0.05, 0) is 41.7 Å². The summed E-state index contributed by atoms with van der Waals surface area (Å²) >= 11 is 0. The maximum Gasteiger partial charge on any atom is 0.0953 e. The molecule has 1 N–H and O–H groups in total. The van der Waals surface area contributed by atoms with Gasteiger partial charge in [0.2, 0.25) is 0 Å². The minimum atomic E-state index is -0.714. The molecule has 0 spiro atoms. The standard InChI is InChI=1S/C16H19NO/c1-15(2)8-4-9-16(15,18)14-6-3-5-12-11-17-10-7-13(12)14/h3,5-7,10-11,18H,4,8-9H2,1-2H3. The molecular weight excluding hydrogens is 222 g/mol. The summed E-state index contributed by atoms with van der Waals surface area (Å²) in [5, 5.41) is 13.4. The summed E-state index contributed by atoms with van der Waals surface area (Å²) < 4.78 is 0. The number of hydrogen-bond donors (Lipinski definition) is 1. The Balaban J connectivity index is 2.26. The first-order valence-electron chi connectivity index (χ1n) is 6.60. The van der Waals surface area contributed by atoms with E-state index in [1.807, 2.05) is 18.3 Å². The van der Waals surface area contributed by atoms with Gasteiger partial charge in [-0.1, -0.05) is 32.0 Å². The summed E-state index contributed by atoms with van der Waals surface area (Å²) in [7, 11) is 0. The van der Waals surface area contributed by atoms with Gasteiger partial charge in [0.1, 0.15) is 0 Å². The van der Waals surface area contributed by atoms with Crippen LogP contribution < -0.4 is 0 Å². The zero-order valence-electron chi connectivity index (χ0n) is 11.0. The molecule has 0 aliphatic heterocycles. The molecular formula is C16H19NO. The average molecular weight is 241 g/mol. The van der Waals surface area contributed by atoms with Crippen molar-refractivity contribution in [2.75, 3.05) is 0 Å². The molecule has 1 aliphatic carbocycles. The lowest BCUT2D eigenvalue weighted by Crippen LogP contribution is -2.37. The number of aliphatic hydroxyl groups is 1. The molecule has 94 valence electrons. The van der Waals surface area contributed by atoms with Crippen molar-refractivity contribution in [3.8, 4) is 0 Å². The first-order chi connectivity index (χ1) is 8.55. The fourth-order valence-electron chi connectivity index (χ4n) is 3.31. The summed E-state index contributed by atoms with van der Waals surface area (Å²) in [6.45, 7) is 4.33. The van der Waals surface area contributed by atoms with Gasteiger partial charge in [-0.2, -0.15) is 0 Å². The fraction of sp³-hybridized carbons (Fsp3) is 0.438. The molecule has 0 amide bonds. The average Bonchev–Trinajstić information content (AvgIpc) is 2.64. The Hall–Kier alpha value is -1.41. The number of fused-ring (bicyclic) bond motifs is 1. The monoisotopic (exact) mass is 241 g/mol. The van der Waals surface area contributed by atoms with Crippen LogP contribution in [0.1, 0.15) is 38.7 Å². The highest BCUT2D eigenvalue weighted by atomic mass is 16.3. The van der Waals surface area contributed by atoms with Gasteiger partial charge in [-0.3, -0.25) is 4.98 Å². The highest BCUT2D eigenvalue weighted by Crippen LogP contribution is 2.53. The van der Waals surface area contributed by atoms with E-state index < -0.39 is 5.60 Å². The van der Waals surface area contributed by atoms with E-state index in [-0.39, 0.29) is 5.41 Å². The molecule has 0 radical (unpaired) electrons. The van der Waals surface area contributed by atoms with Crippen LogP contribution in [0.15, 0.2) is 36.7 Å². The highest BCUT2D eigenvalue weighted by molar-refractivity contribution is 5.85. The van der Waals surface area contributed by atoms with E-state index in [2.05, 4.69) is 31.0 Å². The number of pyridine rings is 1. The van der Waals surface area contributed by atoms with Gasteiger partial charge in [0.05, 0.1) is 5.60 Å². The van der Waals surface area contributed by atoms with Crippen molar-refractivity contribution in [2.24, 2.45) is 5.41 Å². The second kappa shape index (κ2) is 3.79. The second-order valence-corrected chi connectivity index (χ2v) is 6.00. The quantitative estimate of drug-likeness (QED) is 0.827. The van der Waals surface area contributed by atoms with Crippen molar-refractivity contribution >= 4 is 10.8 Å². The normalized spacial score (nSPS) is 26.6. The first-order valence-corrected chi connectivity index (χ1v) is 6.60. The van der Waals surface area contributed by atoms with E-state index in [0.29, 0.717) is 0 Å². The number of benzene rings is 1. The molecule has 1 saturated carbocycles. The predicted octanol–water partition coefficient (Wildman–Crippen LogP) is 3.63. The lowest BCUT2D eigenvalue weighted by atomic mass is 9.72. The molecule has 2 aromatic rings. The molecule has 1 fully saturated rings. The van der Waals surface area contributed by atoms with E-state index in [1.54, 1.807) is 6.20 Å². The predicted molar refractivity (Wildman–Crippen MR) is 73.3 cm³/mol. The van der Waals surface area contributed by atoms with E-state index >= 15 is 0 Å². The Labute approximate surface area is 108 Å². The summed E-state index contributed by atoms with van der Waals surface area (Å²) in [6, 6.07) is 8.15. The first kappa shape index (κ1) is 11.7. The molecule has 18 heavy (non-hydrogen) atoms. The second-order valence-electron chi connectivity index (χ2n) is 6.00. The van der Waals surface area contributed by atoms with Crippen LogP contribution in [-0.2, 0) is 5.60 Å². The molecule has 1 unspecified atom stereocenters. The Morgan fingerprint density at radius 3 is 2.72 bits per heavy atom. The number of rotatable bonds is 1. The highest BCUT2D eigenvalue weighted by Gasteiger charge is 2.49. The van der Waals surface area contributed by atoms with Gasteiger partial charge in [0, 0.05) is 17.8 Å². The summed E-state index contributed by atoms with van der Waals surface area (Å²) in [5.74, 6) is 0. The van der Waals surface area contributed by atoms with Crippen molar-refractivity contribution in [1.82, 2.24) is 4.98 Å². The number of hydrogen-bond acceptors (Lipinski definition) is 2. The van der Waals surface area contributed by atoms with Crippen molar-refractivity contribution in [3.63, 3.8) is 0 Å². The van der Waals surface area contributed by atoms with Gasteiger partial charge in [-0.15, -0.1) is 0 Å². The molecule has 3 rings (SSSR count). The van der Waals surface area contributed by atoms with Crippen LogP contribution in [0.25, 0.3) is 10.8 Å². The van der Waals surface area contributed by atoms with Crippen molar-refractivity contribution < 1.29 is 5.11 Å². The maximum absolute atomic E-state index is 11.2. The molecule has 0 saturated heterocycles. The Morgan fingerprint density at radius 1 is 1.17 bits per heavy atom. The lowest BCUT2D eigenvalue weighted by Gasteiger charge is -2.38. The summed E-state index contributed by atoms with van der Waals surface area (Å²) in [6.07, 6.45) is 6.68. The maximum atomic E-state index is 11.2. The van der Waals surface area contributed by atoms with Crippen LogP contribution in [-0.4, -0.2) is 10.1 Å². The number of nitrogens with zero attached hydrogens (tertiary/aromatic N) is 1. The zero-order chi connectivity index (χ0) is 12.8. The van der Waals surface area contributed by atoms with Crippen LogP contribution in [0.2, 0.25) is 0 Å². The topological polar surface area (TPSA) is 33.1 Å². The smallest absolute Gasteiger partial charge is 0.0953 e. The van der Waals surface area contributed by atoms with Gasteiger partial charge in [-0.25, -0.2) is 0 Å². The third-order valence-corrected chi connectivity index (χ3v) is 4.59. The number of aromatic nitrogens is 1. The van der Waals surface area contributed by atoms with Crippen LogP contribution in [0.4, 0.5) is 0 Å².